The van der Waals surface area contributed by atoms with E-state index in [1.165, 1.54) is 0 Å². The lowest BCUT2D eigenvalue weighted by Gasteiger charge is -2.19. The lowest BCUT2D eigenvalue weighted by Crippen LogP contribution is -2.30. The van der Waals surface area contributed by atoms with Gasteiger partial charge in [0.15, 0.2) is 0 Å². The highest BCUT2D eigenvalue weighted by Crippen LogP contribution is 2.18. The quantitative estimate of drug-likeness (QED) is 0.678. The van der Waals surface area contributed by atoms with Gasteiger partial charge in [0, 0.05) is 26.0 Å². The van der Waals surface area contributed by atoms with Gasteiger partial charge in [-0.1, -0.05) is 36.4 Å². The molecule has 0 saturated heterocycles. The normalized spacial score (nSPS) is 11.9. The Labute approximate surface area is 152 Å². The Morgan fingerprint density at radius 3 is 2.77 bits per heavy atom. The molecule has 1 amide bonds. The first-order valence-electron chi connectivity index (χ1n) is 8.52. The van der Waals surface area contributed by atoms with Gasteiger partial charge in [-0.25, -0.2) is 9.97 Å². The highest BCUT2D eigenvalue weighted by Gasteiger charge is 2.17. The molecule has 2 heterocycles. The van der Waals surface area contributed by atoms with Gasteiger partial charge in [0.1, 0.15) is 5.69 Å². The van der Waals surface area contributed by atoms with Crippen LogP contribution in [0.5, 0.6) is 0 Å². The van der Waals surface area contributed by atoms with Crippen molar-refractivity contribution in [2.45, 2.75) is 25.6 Å². The number of methoxy groups -OCH3 is 1. The van der Waals surface area contributed by atoms with Crippen molar-refractivity contribution in [1.82, 2.24) is 19.9 Å². The Bertz CT molecular complexity index is 819. The maximum absolute atomic E-state index is 12.7. The minimum absolute atomic E-state index is 0.112. The second-order valence-electron chi connectivity index (χ2n) is 5.97. The van der Waals surface area contributed by atoms with Crippen LogP contribution in [0.3, 0.4) is 0 Å². The average Bonchev–Trinajstić information content (AvgIpc) is 3.20. The van der Waals surface area contributed by atoms with Crippen LogP contribution in [0.4, 0.5) is 0 Å². The van der Waals surface area contributed by atoms with Gasteiger partial charge in [0.2, 0.25) is 0 Å². The molecule has 0 fully saturated rings. The lowest BCUT2D eigenvalue weighted by atomic mass is 10.0. The number of ether oxygens (including phenoxy) is 1. The number of hydrogen-bond donors (Lipinski definition) is 1. The summed E-state index contributed by atoms with van der Waals surface area (Å²) >= 11 is 0. The van der Waals surface area contributed by atoms with Gasteiger partial charge in [-0.05, 0) is 24.1 Å². The van der Waals surface area contributed by atoms with E-state index >= 15 is 0 Å². The van der Waals surface area contributed by atoms with Gasteiger partial charge < -0.3 is 14.6 Å². The highest BCUT2D eigenvalue weighted by molar-refractivity contribution is 5.92. The summed E-state index contributed by atoms with van der Waals surface area (Å²) in [6.07, 6.45) is 6.20. The number of carbonyl (C=O) groups excluding carboxylic acids is 1. The number of rotatable bonds is 8. The molecule has 3 aromatic rings. The summed E-state index contributed by atoms with van der Waals surface area (Å²) in [5.41, 5.74) is 2.19. The van der Waals surface area contributed by atoms with Gasteiger partial charge in [-0.3, -0.25) is 4.79 Å². The van der Waals surface area contributed by atoms with E-state index in [0.29, 0.717) is 12.3 Å². The molecular formula is C20H22N4O2. The molecule has 0 radical (unpaired) electrons. The number of aryl methyl sites for hydroxylation is 1. The molecule has 0 aliphatic heterocycles. The number of nitrogens with one attached hydrogen (secondary N) is 1. The van der Waals surface area contributed by atoms with Gasteiger partial charge in [0.25, 0.3) is 5.91 Å². The minimum atomic E-state index is -0.192. The molecule has 1 unspecified atom stereocenters. The summed E-state index contributed by atoms with van der Waals surface area (Å²) in [7, 11) is 1.61. The van der Waals surface area contributed by atoms with Crippen LogP contribution in [0, 0.1) is 0 Å². The zero-order valence-electron chi connectivity index (χ0n) is 14.7. The number of aromatic nitrogens is 3. The third kappa shape index (κ3) is 4.77. The van der Waals surface area contributed by atoms with Crippen molar-refractivity contribution in [2.24, 2.45) is 0 Å². The van der Waals surface area contributed by atoms with Crippen LogP contribution in [0.15, 0.2) is 67.3 Å². The highest BCUT2D eigenvalue weighted by atomic mass is 16.5. The van der Waals surface area contributed by atoms with Crippen LogP contribution in [-0.2, 0) is 17.9 Å². The second kappa shape index (κ2) is 8.92. The largest absolute Gasteiger partial charge is 0.378 e. The molecule has 1 aromatic carbocycles. The van der Waals surface area contributed by atoms with Crippen LogP contribution in [0.1, 0.15) is 34.2 Å². The average molecular weight is 350 g/mol. The molecule has 26 heavy (non-hydrogen) atoms. The van der Waals surface area contributed by atoms with Crippen molar-refractivity contribution >= 4 is 5.91 Å². The second-order valence-corrected chi connectivity index (χ2v) is 5.97. The summed E-state index contributed by atoms with van der Waals surface area (Å²) in [5, 5.41) is 3.11. The fourth-order valence-electron chi connectivity index (χ4n) is 2.77. The van der Waals surface area contributed by atoms with E-state index < -0.39 is 0 Å². The van der Waals surface area contributed by atoms with Crippen molar-refractivity contribution in [2.75, 3.05) is 7.11 Å². The van der Waals surface area contributed by atoms with Crippen molar-refractivity contribution in [1.29, 1.82) is 0 Å². The van der Waals surface area contributed by atoms with Gasteiger partial charge in [0.05, 0.1) is 24.7 Å². The first kappa shape index (κ1) is 17.8. The van der Waals surface area contributed by atoms with Crippen LogP contribution < -0.4 is 5.32 Å². The molecule has 0 saturated carbocycles. The fourth-order valence-corrected chi connectivity index (χ4v) is 2.77. The Morgan fingerprint density at radius 1 is 1.19 bits per heavy atom. The monoisotopic (exact) mass is 350 g/mol. The van der Waals surface area contributed by atoms with Crippen molar-refractivity contribution < 1.29 is 9.53 Å². The van der Waals surface area contributed by atoms with Gasteiger partial charge in [-0.2, -0.15) is 0 Å². The number of carbonyl (C=O) groups is 1. The Hall–Kier alpha value is -2.99. The Balaban J connectivity index is 1.74. The molecular weight excluding hydrogens is 328 g/mol. The molecule has 6 nitrogen and oxygen atoms in total. The van der Waals surface area contributed by atoms with Crippen LogP contribution >= 0.6 is 0 Å². The topological polar surface area (TPSA) is 69.0 Å². The Morgan fingerprint density at radius 2 is 2.04 bits per heavy atom. The summed E-state index contributed by atoms with van der Waals surface area (Å²) in [4.78, 5) is 21.1. The standard InChI is InChI=1S/C20H22N4O2/c1-26-14-17-8-5-9-19(22-17)20(25)23-18(16-6-3-2-4-7-16)10-12-24-13-11-21-15-24/h2-9,11,13,15,18H,10,12,14H2,1H3,(H,23,25). The summed E-state index contributed by atoms with van der Waals surface area (Å²) in [5.74, 6) is -0.192. The maximum atomic E-state index is 12.7. The Kier molecular flexibility index (Phi) is 6.11. The number of imidazole rings is 1. The van der Waals surface area contributed by atoms with E-state index in [9.17, 15) is 4.79 Å². The SMILES string of the molecule is COCc1cccc(C(=O)NC(CCn2ccnc2)c2ccccc2)n1. The predicted octanol–water partition coefficient (Wildman–Crippen LogP) is 2.99. The van der Waals surface area contributed by atoms with Crippen LogP contribution in [-0.4, -0.2) is 27.6 Å². The van der Waals surface area contributed by atoms with Crippen molar-refractivity contribution in [3.63, 3.8) is 0 Å². The zero-order valence-corrected chi connectivity index (χ0v) is 14.7. The third-order valence-corrected chi connectivity index (χ3v) is 4.07. The summed E-state index contributed by atoms with van der Waals surface area (Å²) in [6, 6.07) is 15.2. The van der Waals surface area contributed by atoms with E-state index in [1.54, 1.807) is 25.7 Å². The minimum Gasteiger partial charge on any atom is -0.378 e. The number of pyridine rings is 1. The molecule has 3 rings (SSSR count). The van der Waals surface area contributed by atoms with E-state index in [4.69, 9.17) is 4.74 Å². The van der Waals surface area contributed by atoms with Crippen molar-refractivity contribution in [3.8, 4) is 0 Å². The molecule has 6 heteroatoms. The van der Waals surface area contributed by atoms with Crippen LogP contribution in [0.25, 0.3) is 0 Å². The summed E-state index contributed by atoms with van der Waals surface area (Å²) in [6.45, 7) is 1.14. The van der Waals surface area contributed by atoms with E-state index in [1.807, 2.05) is 53.2 Å². The molecule has 1 atom stereocenters. The van der Waals surface area contributed by atoms with Crippen molar-refractivity contribution in [3.05, 3.63) is 84.2 Å². The lowest BCUT2D eigenvalue weighted by molar-refractivity contribution is 0.0927. The zero-order chi connectivity index (χ0) is 18.2. The molecule has 134 valence electrons. The summed E-state index contributed by atoms with van der Waals surface area (Å²) < 4.78 is 7.09. The van der Waals surface area contributed by atoms with Gasteiger partial charge >= 0.3 is 0 Å². The molecule has 0 bridgehead atoms. The smallest absolute Gasteiger partial charge is 0.270 e. The number of hydrogen-bond acceptors (Lipinski definition) is 4. The molecule has 0 aliphatic rings. The number of nitrogens with zero attached hydrogens (tertiary/aromatic N) is 3. The van der Waals surface area contributed by atoms with E-state index in [0.717, 1.165) is 24.2 Å². The van der Waals surface area contributed by atoms with E-state index in [-0.39, 0.29) is 11.9 Å². The van der Waals surface area contributed by atoms with Gasteiger partial charge in [-0.15, -0.1) is 0 Å². The number of amides is 1. The molecule has 1 N–H and O–H groups in total. The number of benzene rings is 1. The first-order chi connectivity index (χ1) is 12.8. The first-order valence-corrected chi connectivity index (χ1v) is 8.52. The fraction of sp³-hybridized carbons (Fsp3) is 0.250. The predicted molar refractivity (Wildman–Crippen MR) is 98.4 cm³/mol. The van der Waals surface area contributed by atoms with E-state index in [2.05, 4.69) is 15.3 Å². The molecule has 0 spiro atoms. The molecule has 0 aliphatic carbocycles. The maximum Gasteiger partial charge on any atom is 0.270 e. The third-order valence-electron chi connectivity index (χ3n) is 4.07. The molecule has 2 aromatic heterocycles. The van der Waals surface area contributed by atoms with Crippen LogP contribution in [0.2, 0.25) is 0 Å².